The summed E-state index contributed by atoms with van der Waals surface area (Å²) in [6.45, 7) is 2.70. The Morgan fingerprint density at radius 2 is 2.02 bits per heavy atom. The van der Waals surface area contributed by atoms with Crippen LogP contribution in [0, 0.1) is 24.0 Å². The van der Waals surface area contributed by atoms with E-state index in [4.69, 9.17) is 11.2 Å². The second-order valence-corrected chi connectivity index (χ2v) is 12.3. The number of benzene rings is 2. The maximum absolute atomic E-state index is 16.5. The van der Waals surface area contributed by atoms with Crippen LogP contribution in [0.15, 0.2) is 30.5 Å². The molecule has 5 heterocycles. The number of hydrogen-bond acceptors (Lipinski definition) is 7. The Kier molecular flexibility index (Phi) is 6.24. The number of aromatic hydroxyl groups is 1. The van der Waals surface area contributed by atoms with E-state index in [0.717, 1.165) is 19.4 Å². The molecule has 3 aliphatic heterocycles. The third kappa shape index (κ3) is 4.27. The Hall–Kier alpha value is -3.62. The monoisotopic (exact) mass is 623 g/mol. The lowest BCUT2D eigenvalue weighted by Gasteiger charge is -2.37. The smallest absolute Gasteiger partial charge is 0.319 e. The van der Waals surface area contributed by atoms with Gasteiger partial charge in [-0.1, -0.05) is 27.9 Å². The second-order valence-electron chi connectivity index (χ2n) is 11.0. The van der Waals surface area contributed by atoms with Crippen molar-refractivity contribution in [3.05, 3.63) is 47.7 Å². The number of nitrogens with zero attached hydrogens (tertiary/aromatic N) is 5. The van der Waals surface area contributed by atoms with Gasteiger partial charge in [0, 0.05) is 48.0 Å². The summed E-state index contributed by atoms with van der Waals surface area (Å²) in [6, 6.07) is 5.41. The lowest BCUT2D eigenvalue weighted by Crippen LogP contribution is -2.48. The summed E-state index contributed by atoms with van der Waals surface area (Å²) >= 11 is 3.58. The van der Waals surface area contributed by atoms with Crippen molar-refractivity contribution in [2.75, 3.05) is 37.7 Å². The molecule has 210 valence electrons. The molecule has 41 heavy (non-hydrogen) atoms. The third-order valence-electron chi connectivity index (χ3n) is 8.46. The quantitative estimate of drug-likeness (QED) is 0.237. The summed E-state index contributed by atoms with van der Waals surface area (Å²) in [5, 5.41) is 11.5. The molecule has 2 unspecified atom stereocenters. The first-order valence-electron chi connectivity index (χ1n) is 13.5. The number of aromatic nitrogens is 3. The minimum atomic E-state index is -0.912. The summed E-state index contributed by atoms with van der Waals surface area (Å²) in [4.78, 5) is 17.8. The average molecular weight is 624 g/mol. The molecule has 11 heteroatoms. The second kappa shape index (κ2) is 9.74. The number of anilines is 1. The predicted molar refractivity (Wildman–Crippen MR) is 153 cm³/mol. The van der Waals surface area contributed by atoms with E-state index in [1.54, 1.807) is 0 Å². The molecule has 0 amide bonds. The molecule has 7 nitrogen and oxygen atoms in total. The van der Waals surface area contributed by atoms with Gasteiger partial charge in [-0.15, -0.1) is 6.42 Å². The van der Waals surface area contributed by atoms with Crippen LogP contribution in [-0.4, -0.2) is 74.3 Å². The van der Waals surface area contributed by atoms with Crippen molar-refractivity contribution in [1.29, 1.82) is 0 Å². The van der Waals surface area contributed by atoms with Crippen LogP contribution in [-0.2, 0) is 0 Å². The van der Waals surface area contributed by atoms with E-state index in [9.17, 15) is 13.9 Å². The molecule has 0 bridgehead atoms. The molecule has 1 N–H and O–H groups in total. The van der Waals surface area contributed by atoms with Crippen LogP contribution in [0.25, 0.3) is 32.9 Å². The molecule has 3 aliphatic rings. The minimum absolute atomic E-state index is 0.0127. The van der Waals surface area contributed by atoms with Crippen molar-refractivity contribution < 1.29 is 23.0 Å². The first kappa shape index (κ1) is 26.3. The zero-order chi connectivity index (χ0) is 28.5. The van der Waals surface area contributed by atoms with Crippen LogP contribution >= 0.6 is 15.9 Å². The molecule has 2 aromatic carbocycles. The van der Waals surface area contributed by atoms with Gasteiger partial charge >= 0.3 is 6.01 Å². The van der Waals surface area contributed by atoms with Crippen LogP contribution in [0.1, 0.15) is 24.8 Å². The summed E-state index contributed by atoms with van der Waals surface area (Å²) < 4.78 is 51.6. The van der Waals surface area contributed by atoms with Gasteiger partial charge in [0.25, 0.3) is 0 Å². The van der Waals surface area contributed by atoms with Crippen molar-refractivity contribution >= 4 is 43.4 Å². The number of halogens is 4. The molecule has 0 radical (unpaired) electrons. The Morgan fingerprint density at radius 1 is 1.20 bits per heavy atom. The topological polar surface area (TPSA) is 74.6 Å². The fraction of sp³-hybridized carbons (Fsp3) is 0.367. The maximum Gasteiger partial charge on any atom is 0.319 e. The first-order valence-corrected chi connectivity index (χ1v) is 14.4. The van der Waals surface area contributed by atoms with E-state index in [1.165, 1.54) is 30.5 Å². The molecule has 7 rings (SSSR count). The largest absolute Gasteiger partial charge is 0.508 e. The van der Waals surface area contributed by atoms with Gasteiger partial charge < -0.3 is 14.7 Å². The number of ether oxygens (including phenoxy) is 1. The van der Waals surface area contributed by atoms with Crippen LogP contribution < -0.4 is 9.64 Å². The minimum Gasteiger partial charge on any atom is -0.508 e. The lowest BCUT2D eigenvalue weighted by atomic mass is 9.95. The number of rotatable bonds is 5. The van der Waals surface area contributed by atoms with E-state index in [2.05, 4.69) is 41.7 Å². The van der Waals surface area contributed by atoms with E-state index in [1.807, 2.05) is 4.90 Å². The SMILES string of the molecule is C#Cc1c(F)ccc2cc(O)cc(-c3ncc4c(N5CC(Br)C5)nc(OCC56CCCN5CC(F)C6)nc4c3F)c12. The summed E-state index contributed by atoms with van der Waals surface area (Å²) in [5.41, 5.74) is -0.514. The normalized spacial score (nSPS) is 22.7. The maximum atomic E-state index is 16.5. The Balaban J connectivity index is 1.37. The third-order valence-corrected chi connectivity index (χ3v) is 9.04. The van der Waals surface area contributed by atoms with Crippen LogP contribution in [0.3, 0.4) is 0 Å². The number of terminal acetylenes is 1. The summed E-state index contributed by atoms with van der Waals surface area (Å²) in [5.74, 6) is 1.25. The van der Waals surface area contributed by atoms with E-state index < -0.39 is 23.3 Å². The van der Waals surface area contributed by atoms with E-state index in [-0.39, 0.29) is 50.9 Å². The molecule has 4 aromatic rings. The fourth-order valence-electron chi connectivity index (χ4n) is 6.51. The van der Waals surface area contributed by atoms with Gasteiger partial charge in [0.15, 0.2) is 5.82 Å². The summed E-state index contributed by atoms with van der Waals surface area (Å²) in [7, 11) is 0. The van der Waals surface area contributed by atoms with Gasteiger partial charge in [0.2, 0.25) is 0 Å². The predicted octanol–water partition coefficient (Wildman–Crippen LogP) is 5.35. The number of fused-ring (bicyclic) bond motifs is 3. The highest BCUT2D eigenvalue weighted by Gasteiger charge is 2.49. The first-order chi connectivity index (χ1) is 19.8. The van der Waals surface area contributed by atoms with Crippen molar-refractivity contribution in [3.63, 3.8) is 0 Å². The number of phenols is 1. The molecular weight excluding hydrogens is 599 g/mol. The van der Waals surface area contributed by atoms with Crippen molar-refractivity contribution in [1.82, 2.24) is 19.9 Å². The Bertz CT molecular complexity index is 1760. The fourth-order valence-corrected chi connectivity index (χ4v) is 7.21. The van der Waals surface area contributed by atoms with Crippen molar-refractivity contribution in [2.24, 2.45) is 0 Å². The van der Waals surface area contributed by atoms with Gasteiger partial charge in [-0.2, -0.15) is 9.97 Å². The molecule has 0 spiro atoms. The average Bonchev–Trinajstić information content (AvgIpc) is 3.45. The molecule has 3 saturated heterocycles. The molecule has 2 aromatic heterocycles. The number of pyridine rings is 1. The Morgan fingerprint density at radius 3 is 2.80 bits per heavy atom. The van der Waals surface area contributed by atoms with Crippen LogP contribution in [0.2, 0.25) is 0 Å². The van der Waals surface area contributed by atoms with Gasteiger partial charge in [-0.25, -0.2) is 13.2 Å². The highest BCUT2D eigenvalue weighted by Crippen LogP contribution is 2.42. The molecular formula is C30H25BrF3N5O2. The molecule has 2 atom stereocenters. The van der Waals surface area contributed by atoms with Crippen molar-refractivity contribution in [2.45, 2.75) is 35.8 Å². The van der Waals surface area contributed by atoms with Gasteiger partial charge in [-0.3, -0.25) is 9.88 Å². The standard InChI is InChI=1S/C30H25BrF3N5O2/c1-2-20-23(33)5-4-16-8-19(40)9-21(24(16)20)26-25(34)27-22(11-35-26)28(38-12-17(31)13-38)37-29(36-27)41-15-30-6-3-7-39(30)14-18(32)10-30/h1,4-5,8-9,11,17-18,40H,3,6-7,10,12-15H2. The molecule has 3 fully saturated rings. The zero-order valence-electron chi connectivity index (χ0n) is 21.9. The number of phenolic OH excluding ortho intramolecular Hbond substituents is 1. The van der Waals surface area contributed by atoms with E-state index >= 15 is 4.39 Å². The zero-order valence-corrected chi connectivity index (χ0v) is 23.5. The number of hydrogen-bond donors (Lipinski definition) is 1. The van der Waals surface area contributed by atoms with Crippen LogP contribution in [0.4, 0.5) is 19.0 Å². The lowest BCUT2D eigenvalue weighted by molar-refractivity contribution is 0.107. The van der Waals surface area contributed by atoms with Gasteiger partial charge in [0.05, 0.1) is 16.5 Å². The summed E-state index contributed by atoms with van der Waals surface area (Å²) in [6.07, 6.45) is 8.34. The highest BCUT2D eigenvalue weighted by molar-refractivity contribution is 9.09. The van der Waals surface area contributed by atoms with E-state index in [0.29, 0.717) is 42.6 Å². The van der Waals surface area contributed by atoms with Gasteiger partial charge in [0.1, 0.15) is 41.4 Å². The van der Waals surface area contributed by atoms with Gasteiger partial charge in [-0.05, 0) is 43.0 Å². The highest BCUT2D eigenvalue weighted by atomic mass is 79.9. The number of alkyl halides is 2. The molecule has 0 aliphatic carbocycles. The van der Waals surface area contributed by atoms with Crippen molar-refractivity contribution in [3.8, 4) is 35.4 Å². The molecule has 0 saturated carbocycles. The van der Waals surface area contributed by atoms with Crippen LogP contribution in [0.5, 0.6) is 11.8 Å². The Labute approximate surface area is 242 Å².